The summed E-state index contributed by atoms with van der Waals surface area (Å²) in [7, 11) is 2.05. The molecule has 1 N–H and O–H groups in total. The first-order chi connectivity index (χ1) is 13.6. The number of anilines is 1. The van der Waals surface area contributed by atoms with Crippen molar-refractivity contribution in [3.63, 3.8) is 0 Å². The van der Waals surface area contributed by atoms with Gasteiger partial charge >= 0.3 is 0 Å². The van der Waals surface area contributed by atoms with Gasteiger partial charge in [-0.15, -0.1) is 0 Å². The number of nitrogens with zero attached hydrogens (tertiary/aromatic N) is 3. The number of amides is 2. The van der Waals surface area contributed by atoms with Gasteiger partial charge in [-0.3, -0.25) is 9.59 Å². The standard InChI is InChI=1S/C22H22N4O2/c1-25-12-14-26(15-13-25)22(28)17-7-3-5-9-19(17)24-21(27)20-11-10-16-6-2-4-8-18(16)23-20/h2-11H,12-15H2,1H3,(H,24,27). The molecular formula is C22H22N4O2. The van der Waals surface area contributed by atoms with Crippen molar-refractivity contribution in [2.75, 3.05) is 38.5 Å². The van der Waals surface area contributed by atoms with Crippen molar-refractivity contribution in [3.8, 4) is 0 Å². The molecule has 28 heavy (non-hydrogen) atoms. The van der Waals surface area contributed by atoms with Crippen LogP contribution in [-0.4, -0.2) is 59.8 Å². The van der Waals surface area contributed by atoms with Gasteiger partial charge in [-0.05, 0) is 31.3 Å². The lowest BCUT2D eigenvalue weighted by atomic mass is 10.1. The monoisotopic (exact) mass is 374 g/mol. The SMILES string of the molecule is CN1CCN(C(=O)c2ccccc2NC(=O)c2ccc3ccccc3n2)CC1. The summed E-state index contributed by atoms with van der Waals surface area (Å²) in [5, 5.41) is 3.84. The Morgan fingerprint density at radius 2 is 1.61 bits per heavy atom. The van der Waals surface area contributed by atoms with Crippen molar-refractivity contribution < 1.29 is 9.59 Å². The van der Waals surface area contributed by atoms with Gasteiger partial charge in [0.05, 0.1) is 16.8 Å². The molecule has 1 fully saturated rings. The maximum Gasteiger partial charge on any atom is 0.274 e. The number of rotatable bonds is 3. The fourth-order valence-corrected chi connectivity index (χ4v) is 3.34. The van der Waals surface area contributed by atoms with Crippen LogP contribution in [0.2, 0.25) is 0 Å². The summed E-state index contributed by atoms with van der Waals surface area (Å²) in [4.78, 5) is 34.2. The zero-order chi connectivity index (χ0) is 19.5. The molecule has 6 heteroatoms. The van der Waals surface area contributed by atoms with Crippen LogP contribution in [0.5, 0.6) is 0 Å². The molecule has 0 unspecified atom stereocenters. The van der Waals surface area contributed by atoms with Crippen LogP contribution in [0.1, 0.15) is 20.8 Å². The molecule has 1 aliphatic rings. The van der Waals surface area contributed by atoms with Crippen LogP contribution in [0.15, 0.2) is 60.7 Å². The number of likely N-dealkylation sites (N-methyl/N-ethyl adjacent to an activating group) is 1. The summed E-state index contributed by atoms with van der Waals surface area (Å²) < 4.78 is 0. The number of fused-ring (bicyclic) bond motifs is 1. The van der Waals surface area contributed by atoms with Crippen molar-refractivity contribution in [3.05, 3.63) is 71.9 Å². The summed E-state index contributed by atoms with van der Waals surface area (Å²) in [5.41, 5.74) is 2.09. The average Bonchev–Trinajstić information content (AvgIpc) is 2.74. The average molecular weight is 374 g/mol. The van der Waals surface area contributed by atoms with E-state index in [2.05, 4.69) is 15.2 Å². The fraction of sp³-hybridized carbons (Fsp3) is 0.227. The first-order valence-corrected chi connectivity index (χ1v) is 9.36. The minimum atomic E-state index is -0.329. The normalized spacial score (nSPS) is 14.8. The number of hydrogen-bond donors (Lipinski definition) is 1. The lowest BCUT2D eigenvalue weighted by Gasteiger charge is -2.32. The molecule has 1 aromatic heterocycles. The summed E-state index contributed by atoms with van der Waals surface area (Å²) in [5.74, 6) is -0.389. The third kappa shape index (κ3) is 3.73. The third-order valence-electron chi connectivity index (χ3n) is 5.03. The third-order valence-corrected chi connectivity index (χ3v) is 5.03. The lowest BCUT2D eigenvalue weighted by molar-refractivity contribution is 0.0665. The van der Waals surface area contributed by atoms with Crippen molar-refractivity contribution >= 4 is 28.4 Å². The van der Waals surface area contributed by atoms with E-state index in [-0.39, 0.29) is 11.8 Å². The quantitative estimate of drug-likeness (QED) is 0.766. The number of pyridine rings is 1. The number of nitrogens with one attached hydrogen (secondary N) is 1. The summed E-state index contributed by atoms with van der Waals surface area (Å²) >= 11 is 0. The number of aromatic nitrogens is 1. The second-order valence-corrected chi connectivity index (χ2v) is 6.98. The van der Waals surface area contributed by atoms with Gasteiger partial charge in [0.2, 0.25) is 0 Å². The molecule has 0 atom stereocenters. The molecule has 2 aromatic carbocycles. The van der Waals surface area contributed by atoms with E-state index in [1.54, 1.807) is 18.2 Å². The van der Waals surface area contributed by atoms with Gasteiger partial charge in [0.25, 0.3) is 11.8 Å². The summed E-state index contributed by atoms with van der Waals surface area (Å²) in [6, 6.07) is 18.3. The molecule has 3 aromatic rings. The van der Waals surface area contributed by atoms with E-state index in [0.717, 1.165) is 24.0 Å². The van der Waals surface area contributed by atoms with Gasteiger partial charge in [-0.1, -0.05) is 36.4 Å². The van der Waals surface area contributed by atoms with Crippen LogP contribution in [0.25, 0.3) is 10.9 Å². The Kier molecular flexibility index (Phi) is 5.04. The molecule has 4 rings (SSSR count). The van der Waals surface area contributed by atoms with E-state index in [9.17, 15) is 9.59 Å². The Morgan fingerprint density at radius 3 is 2.43 bits per heavy atom. The zero-order valence-electron chi connectivity index (χ0n) is 15.8. The molecule has 0 spiro atoms. The Balaban J connectivity index is 1.56. The van der Waals surface area contributed by atoms with Crippen molar-refractivity contribution in [1.29, 1.82) is 0 Å². The smallest absolute Gasteiger partial charge is 0.274 e. The van der Waals surface area contributed by atoms with Gasteiger partial charge in [-0.2, -0.15) is 0 Å². The van der Waals surface area contributed by atoms with Gasteiger partial charge in [0, 0.05) is 31.6 Å². The summed E-state index contributed by atoms with van der Waals surface area (Å²) in [6.07, 6.45) is 0. The second kappa shape index (κ2) is 7.78. The minimum Gasteiger partial charge on any atom is -0.336 e. The Hall–Kier alpha value is -3.25. The molecule has 0 bridgehead atoms. The number of hydrogen-bond acceptors (Lipinski definition) is 4. The lowest BCUT2D eigenvalue weighted by Crippen LogP contribution is -2.47. The minimum absolute atomic E-state index is 0.0597. The highest BCUT2D eigenvalue weighted by atomic mass is 16.2. The largest absolute Gasteiger partial charge is 0.336 e. The number of carbonyl (C=O) groups is 2. The van der Waals surface area contributed by atoms with Crippen molar-refractivity contribution in [2.24, 2.45) is 0 Å². The zero-order valence-corrected chi connectivity index (χ0v) is 15.8. The van der Waals surface area contributed by atoms with Crippen LogP contribution in [0, 0.1) is 0 Å². The molecule has 6 nitrogen and oxygen atoms in total. The topological polar surface area (TPSA) is 65.5 Å². The second-order valence-electron chi connectivity index (χ2n) is 6.98. The summed E-state index contributed by atoms with van der Waals surface area (Å²) in [6.45, 7) is 3.07. The molecule has 2 heterocycles. The van der Waals surface area contributed by atoms with E-state index >= 15 is 0 Å². The van der Waals surface area contributed by atoms with Gasteiger partial charge < -0.3 is 15.1 Å². The van der Waals surface area contributed by atoms with Gasteiger partial charge in [0.15, 0.2) is 0 Å². The number of carbonyl (C=O) groups excluding carboxylic acids is 2. The van der Waals surface area contributed by atoms with Crippen LogP contribution >= 0.6 is 0 Å². The molecular weight excluding hydrogens is 352 g/mol. The van der Waals surface area contributed by atoms with Crippen LogP contribution in [0.3, 0.4) is 0 Å². The fourth-order valence-electron chi connectivity index (χ4n) is 3.34. The maximum absolute atomic E-state index is 13.0. The Bertz CT molecular complexity index is 1030. The van der Waals surface area contributed by atoms with E-state index in [0.29, 0.717) is 30.0 Å². The highest BCUT2D eigenvalue weighted by molar-refractivity contribution is 6.08. The van der Waals surface area contributed by atoms with Gasteiger partial charge in [-0.25, -0.2) is 4.98 Å². The molecule has 1 saturated heterocycles. The first kappa shape index (κ1) is 18.1. The van der Waals surface area contributed by atoms with E-state index in [1.165, 1.54) is 0 Å². The number of para-hydroxylation sites is 2. The Labute approximate surface area is 163 Å². The van der Waals surface area contributed by atoms with Gasteiger partial charge in [0.1, 0.15) is 5.69 Å². The number of benzene rings is 2. The predicted molar refractivity (Wildman–Crippen MR) is 110 cm³/mol. The Morgan fingerprint density at radius 1 is 0.893 bits per heavy atom. The first-order valence-electron chi connectivity index (χ1n) is 9.36. The molecule has 0 radical (unpaired) electrons. The molecule has 2 amide bonds. The molecule has 0 saturated carbocycles. The van der Waals surface area contributed by atoms with Crippen LogP contribution in [-0.2, 0) is 0 Å². The van der Waals surface area contributed by atoms with E-state index < -0.39 is 0 Å². The molecule has 142 valence electrons. The number of piperazine rings is 1. The van der Waals surface area contributed by atoms with Crippen molar-refractivity contribution in [2.45, 2.75) is 0 Å². The molecule has 0 aliphatic carbocycles. The van der Waals surface area contributed by atoms with Crippen LogP contribution < -0.4 is 5.32 Å². The predicted octanol–water partition coefficient (Wildman–Crippen LogP) is 2.87. The maximum atomic E-state index is 13.0. The van der Waals surface area contributed by atoms with Crippen LogP contribution in [0.4, 0.5) is 5.69 Å². The molecule has 1 aliphatic heterocycles. The highest BCUT2D eigenvalue weighted by Crippen LogP contribution is 2.20. The van der Waals surface area contributed by atoms with E-state index in [4.69, 9.17) is 0 Å². The van der Waals surface area contributed by atoms with E-state index in [1.807, 2.05) is 54.4 Å². The van der Waals surface area contributed by atoms with Crippen molar-refractivity contribution in [1.82, 2.24) is 14.8 Å². The highest BCUT2D eigenvalue weighted by Gasteiger charge is 2.23.